The zero-order valence-electron chi connectivity index (χ0n) is 72.8. The van der Waals surface area contributed by atoms with Gasteiger partial charge in [-0.05, 0) is 151 Å². The second-order valence-electron chi connectivity index (χ2n) is 40.7. The van der Waals surface area contributed by atoms with Crippen molar-refractivity contribution in [1.29, 1.82) is 0 Å². The minimum Gasteiger partial charge on any atom is -0.743 e. The lowest BCUT2D eigenvalue weighted by Crippen LogP contribution is -2.55. The van der Waals surface area contributed by atoms with Crippen LogP contribution in [0, 0.1) is 127 Å². The Morgan fingerprint density at radius 2 is 0.690 bits per heavy atom. The molecule has 3 saturated heterocycles. The maximum absolute atomic E-state index is 14.0. The van der Waals surface area contributed by atoms with Gasteiger partial charge in [0.1, 0.15) is 53.4 Å². The van der Waals surface area contributed by atoms with Gasteiger partial charge in [-0.3, -0.25) is 57.5 Å². The Kier molecular flexibility index (Phi) is 24.4. The molecule has 12 saturated carbocycles. The minimum absolute atomic E-state index is 0.0223. The van der Waals surface area contributed by atoms with Gasteiger partial charge in [-0.1, -0.05) is 83.1 Å². The second kappa shape index (κ2) is 31.9. The molecule has 42 heteroatoms. The van der Waals surface area contributed by atoms with Gasteiger partial charge in [-0.25, -0.2) is 25.3 Å². The third-order valence-electron chi connectivity index (χ3n) is 34.8. The van der Waals surface area contributed by atoms with Crippen molar-refractivity contribution in [2.45, 2.75) is 320 Å². The van der Waals surface area contributed by atoms with Gasteiger partial charge < -0.3 is 70.5 Å². The number of hydrogen-bond donors (Lipinski definition) is 0. The molecule has 0 aromatic carbocycles. The third-order valence-corrected chi connectivity index (χ3v) is 37.8. The molecule has 15 aliphatic rings. The molecule has 0 aromatic rings. The van der Waals surface area contributed by atoms with E-state index in [1.165, 1.54) is 0 Å². The zero-order chi connectivity index (χ0) is 93.8. The molecule has 12 bridgehead atoms. The van der Waals surface area contributed by atoms with E-state index >= 15 is 0 Å². The average Bonchev–Trinajstić information content (AvgIpc) is 1.52. The van der Waals surface area contributed by atoms with Crippen molar-refractivity contribution in [2.75, 3.05) is 0 Å². The van der Waals surface area contributed by atoms with E-state index in [9.17, 15) is 123 Å². The summed E-state index contributed by atoms with van der Waals surface area (Å²) in [4.78, 5) is 154. The molecule has 708 valence electrons. The summed E-state index contributed by atoms with van der Waals surface area (Å²) in [5.74, 6) is -15.9. The molecule has 33 nitrogen and oxygen atoms in total. The highest BCUT2D eigenvalue weighted by atomic mass is 32.2. The van der Waals surface area contributed by atoms with Crippen molar-refractivity contribution in [3.05, 3.63) is 0 Å². The number of alkyl halides is 6. The number of esters is 12. The summed E-state index contributed by atoms with van der Waals surface area (Å²) in [7, 11) is -18.2. The van der Waals surface area contributed by atoms with Crippen molar-refractivity contribution in [3.63, 3.8) is 0 Å². The van der Waals surface area contributed by atoms with Crippen LogP contribution >= 0.6 is 0 Å². The van der Waals surface area contributed by atoms with E-state index in [1.807, 2.05) is 27.7 Å². The fourth-order valence-electron chi connectivity index (χ4n) is 26.4. The first-order valence-electron chi connectivity index (χ1n) is 43.2. The average molecular weight is 1860 g/mol. The predicted octanol–water partition coefficient (Wildman–Crippen LogP) is 9.14. The van der Waals surface area contributed by atoms with E-state index in [-0.39, 0.29) is 56.2 Å². The lowest BCUT2D eigenvalue weighted by atomic mass is 9.61. The summed E-state index contributed by atoms with van der Waals surface area (Å²) in [5.41, 5.74) is -2.92. The number of carbonyl (C=O) groups excluding carboxylic acids is 12. The van der Waals surface area contributed by atoms with Crippen molar-refractivity contribution in [1.82, 2.24) is 0 Å². The van der Waals surface area contributed by atoms with Gasteiger partial charge in [0.2, 0.25) is 0 Å². The topological polar surface area (TPSA) is 487 Å². The first-order valence-corrected chi connectivity index (χ1v) is 47.4. The lowest BCUT2D eigenvalue weighted by Gasteiger charge is -2.51. The molecule has 3 heterocycles. The SMILES string of the molecule is CC(C)C1(OC(=O)C2C3CC4C(OC(=O)C42)C3OC(=O)CCC(=O)OC(C)C(F)(F)S(=O)(=O)[O-])CC2CCC1(C)C2(C)C.CC(OC(=O)CCC(=O)OC1C2CC3C1OC(=O)C3C2C(=O)OC1(C)CC2CCC1(C)C2(C)C)C(F)(F)S(=O)(=O)[O-].CCC1(OC(=O)C2C3CC4C(OC(=O)C42)C3OC(=O)CCC(=O)OC(C)C(F)(F)S(=O)(=O)[O-])CC2CCC1(C)C2(C)C. The first-order chi connectivity index (χ1) is 57.8. The smallest absolute Gasteiger partial charge is 0.369 e. The number of hydrogen-bond acceptors (Lipinski definition) is 33. The molecule has 0 aromatic heterocycles. The van der Waals surface area contributed by atoms with Crippen LogP contribution in [0.25, 0.3) is 0 Å². The Morgan fingerprint density at radius 1 is 0.405 bits per heavy atom. The number of ether oxygens (including phenoxy) is 12. The highest BCUT2D eigenvalue weighted by Gasteiger charge is 2.78. The van der Waals surface area contributed by atoms with Gasteiger partial charge >= 0.3 is 87.4 Å². The van der Waals surface area contributed by atoms with E-state index in [4.69, 9.17) is 42.6 Å². The molecule has 15 rings (SSSR count). The van der Waals surface area contributed by atoms with E-state index in [0.717, 1.165) is 57.8 Å². The maximum Gasteiger partial charge on any atom is 0.369 e. The summed E-state index contributed by atoms with van der Waals surface area (Å²) in [6.45, 7) is 29.5. The summed E-state index contributed by atoms with van der Waals surface area (Å²) in [5, 5.41) is -14.5. The van der Waals surface area contributed by atoms with Crippen LogP contribution in [0.2, 0.25) is 0 Å². The first kappa shape index (κ1) is 96.5. The van der Waals surface area contributed by atoms with Gasteiger partial charge in [0.05, 0.1) is 74.0 Å². The summed E-state index contributed by atoms with van der Waals surface area (Å²) >= 11 is 0. The molecular weight excluding hydrogens is 1750 g/mol. The van der Waals surface area contributed by atoms with Crippen LogP contribution in [0.3, 0.4) is 0 Å². The maximum atomic E-state index is 14.0. The molecular formula is C84H111F6O33S3-3. The van der Waals surface area contributed by atoms with E-state index in [2.05, 4.69) is 76.5 Å². The molecule has 126 heavy (non-hydrogen) atoms. The van der Waals surface area contributed by atoms with Crippen LogP contribution in [0.4, 0.5) is 26.3 Å². The van der Waals surface area contributed by atoms with E-state index < -0.39 is 281 Å². The minimum atomic E-state index is -6.08. The monoisotopic (exact) mass is 1860 g/mol. The highest BCUT2D eigenvalue weighted by molar-refractivity contribution is 7.87. The van der Waals surface area contributed by atoms with Crippen molar-refractivity contribution < 1.29 is 180 Å². The van der Waals surface area contributed by atoms with Gasteiger partial charge in [0, 0.05) is 51.8 Å². The van der Waals surface area contributed by atoms with Crippen LogP contribution < -0.4 is 0 Å². The van der Waals surface area contributed by atoms with Gasteiger partial charge in [-0.2, -0.15) is 26.3 Å². The van der Waals surface area contributed by atoms with Crippen molar-refractivity contribution >= 4 is 102 Å². The van der Waals surface area contributed by atoms with Crippen LogP contribution in [-0.2, 0) is 145 Å². The second-order valence-corrected chi connectivity index (χ2v) is 45.1. The predicted molar refractivity (Wildman–Crippen MR) is 408 cm³/mol. The standard InChI is InChI=1S/C29H40F2O11S.C28H38F2O11S.C27H36F2O11S/c1-13(2)28(12-15-9-10-27(28,6)26(15,4)5)42-25(35)21-17-11-16-20(21)24(34)41-23(16)22(17)40-19(33)8-7-18(32)39-14(3)29(30,31)43(36,37)38;1-6-27(12-14-9-10-26(27,5)25(14,3)4)41-24(34)20-16-11-15-19(20)23(33)40-22(15)21(16)39-18(32)8-7-17(31)38-13(2)28(29,30)42(35,36)37;1-12(27(28,29)41(34,35)36)37-16(30)6-7-17(31)38-20-15-10-14-18(22(32)39-21(14)20)19(15)23(33)40-26(5)11-13-8-9-25(26,4)24(13,2)3/h13-17,20-23H,7-12H2,1-6H3,(H,36,37,38);13-16,19-22H,6-12H2,1-5H3,(H,35,36,37);12-15,18-21H,6-11H2,1-5H3,(H,34,35,36)/p-3. The summed E-state index contributed by atoms with van der Waals surface area (Å²) in [6, 6.07) is 0. The zero-order valence-corrected chi connectivity index (χ0v) is 75.3. The molecule has 30 unspecified atom stereocenters. The third kappa shape index (κ3) is 14.8. The fourth-order valence-corrected chi connectivity index (χ4v) is 27.7. The Balaban J connectivity index is 0.000000162. The Hall–Kier alpha value is -7.05. The Morgan fingerprint density at radius 3 is 0.952 bits per heavy atom. The summed E-state index contributed by atoms with van der Waals surface area (Å²) in [6.07, 6.45) is -6.75. The quantitative estimate of drug-likeness (QED) is 0.0291. The molecule has 0 N–H and O–H groups in total. The van der Waals surface area contributed by atoms with E-state index in [0.29, 0.717) is 64.2 Å². The van der Waals surface area contributed by atoms with Crippen molar-refractivity contribution in [2.24, 2.45) is 127 Å². The molecule has 0 radical (unpaired) electrons. The normalized spacial score (nSPS) is 40.1. The van der Waals surface area contributed by atoms with Gasteiger partial charge in [-0.15, -0.1) is 0 Å². The largest absolute Gasteiger partial charge is 0.743 e. The molecule has 30 atom stereocenters. The number of carbonyl (C=O) groups is 12. The number of fused-ring (bicyclic) bond motifs is 9. The molecule has 0 amide bonds. The van der Waals surface area contributed by atoms with Gasteiger partial charge in [0.25, 0.3) is 0 Å². The fraction of sp³-hybridized carbons (Fsp3) is 0.857. The molecule has 12 aliphatic carbocycles. The van der Waals surface area contributed by atoms with Crippen LogP contribution in [0.5, 0.6) is 0 Å². The van der Waals surface area contributed by atoms with Crippen LogP contribution in [0.1, 0.15) is 233 Å². The molecule has 15 fully saturated rings. The highest BCUT2D eigenvalue weighted by Crippen LogP contribution is 2.76. The Labute approximate surface area is 725 Å². The van der Waals surface area contributed by atoms with Crippen molar-refractivity contribution in [3.8, 4) is 0 Å². The van der Waals surface area contributed by atoms with Crippen LogP contribution in [0.15, 0.2) is 0 Å². The number of halogens is 6. The van der Waals surface area contributed by atoms with Crippen LogP contribution in [-0.4, -0.2) is 198 Å². The Bertz CT molecular complexity index is 4840. The lowest BCUT2D eigenvalue weighted by molar-refractivity contribution is -0.200. The summed E-state index contributed by atoms with van der Waals surface area (Å²) < 4.78 is 244. The van der Waals surface area contributed by atoms with E-state index in [1.54, 1.807) is 0 Å². The van der Waals surface area contributed by atoms with Gasteiger partial charge in [0.15, 0.2) is 48.7 Å². The number of rotatable bonds is 29. The molecule has 0 spiro atoms. The molecule has 3 aliphatic heterocycles.